The average Bonchev–Trinajstić information content (AvgIpc) is 3.26. The molecule has 0 aliphatic heterocycles. The number of carbonyl (C=O) groups is 1. The summed E-state index contributed by atoms with van der Waals surface area (Å²) in [6.07, 6.45) is 3.66. The summed E-state index contributed by atoms with van der Waals surface area (Å²) in [5.74, 6) is 0.312. The summed E-state index contributed by atoms with van der Waals surface area (Å²) in [4.78, 5) is 14.3. The fraction of sp³-hybridized carbons (Fsp3) is 0.261. The summed E-state index contributed by atoms with van der Waals surface area (Å²) in [7, 11) is 1.34. The Morgan fingerprint density at radius 2 is 2.00 bits per heavy atom. The minimum absolute atomic E-state index is 0.0886. The molecule has 1 amide bonds. The standard InChI is InChI=1S/C23H22ClF2N3O4/c1-3-12-29(14-20-27-28-22(33-20)16-6-4-5-7-17(16)24)21(30)11-9-15-8-10-18(32-23(25)26)19(13-15)31-2/h4-11,13,23H,3,12,14H2,1-2H3/b11-9+. The number of hydrogen-bond donors (Lipinski definition) is 0. The van der Waals surface area contributed by atoms with Gasteiger partial charge in [0.1, 0.15) is 0 Å². The van der Waals surface area contributed by atoms with Gasteiger partial charge in [0.15, 0.2) is 11.5 Å². The number of hydrogen-bond acceptors (Lipinski definition) is 6. The predicted molar refractivity (Wildman–Crippen MR) is 119 cm³/mol. The van der Waals surface area contributed by atoms with Crippen molar-refractivity contribution < 1.29 is 27.5 Å². The first-order chi connectivity index (χ1) is 15.9. The van der Waals surface area contributed by atoms with Gasteiger partial charge in [-0.2, -0.15) is 8.78 Å². The number of benzene rings is 2. The zero-order valence-electron chi connectivity index (χ0n) is 18.0. The van der Waals surface area contributed by atoms with E-state index in [4.69, 9.17) is 20.8 Å². The van der Waals surface area contributed by atoms with E-state index >= 15 is 0 Å². The van der Waals surface area contributed by atoms with E-state index in [1.807, 2.05) is 13.0 Å². The Labute approximate surface area is 194 Å². The first kappa shape index (κ1) is 24.2. The van der Waals surface area contributed by atoms with Crippen LogP contribution in [-0.4, -0.2) is 41.3 Å². The highest BCUT2D eigenvalue weighted by Gasteiger charge is 2.17. The van der Waals surface area contributed by atoms with Crippen molar-refractivity contribution in [1.29, 1.82) is 0 Å². The zero-order valence-corrected chi connectivity index (χ0v) is 18.8. The third-order valence-electron chi connectivity index (χ3n) is 4.52. The molecule has 0 spiro atoms. The van der Waals surface area contributed by atoms with Gasteiger partial charge in [-0.25, -0.2) is 0 Å². The number of alkyl halides is 2. The Bertz CT molecular complexity index is 1120. The summed E-state index contributed by atoms with van der Waals surface area (Å²) in [6.45, 7) is -0.427. The summed E-state index contributed by atoms with van der Waals surface area (Å²) < 4.78 is 40.2. The van der Waals surface area contributed by atoms with Crippen molar-refractivity contribution in [3.63, 3.8) is 0 Å². The van der Waals surface area contributed by atoms with Crippen LogP contribution in [0.2, 0.25) is 5.02 Å². The topological polar surface area (TPSA) is 77.7 Å². The Hall–Kier alpha value is -3.46. The molecule has 3 rings (SSSR count). The molecule has 0 fully saturated rings. The highest BCUT2D eigenvalue weighted by Crippen LogP contribution is 2.30. The number of amides is 1. The van der Waals surface area contributed by atoms with E-state index < -0.39 is 6.61 Å². The summed E-state index contributed by atoms with van der Waals surface area (Å²) in [5, 5.41) is 8.54. The molecule has 0 aliphatic carbocycles. The van der Waals surface area contributed by atoms with E-state index in [9.17, 15) is 13.6 Å². The Morgan fingerprint density at radius 3 is 2.70 bits per heavy atom. The molecule has 33 heavy (non-hydrogen) atoms. The lowest BCUT2D eigenvalue weighted by Crippen LogP contribution is -2.29. The van der Waals surface area contributed by atoms with Crippen molar-refractivity contribution >= 4 is 23.6 Å². The molecule has 0 unspecified atom stereocenters. The van der Waals surface area contributed by atoms with Crippen molar-refractivity contribution in [2.45, 2.75) is 26.5 Å². The van der Waals surface area contributed by atoms with Gasteiger partial charge in [0.25, 0.3) is 0 Å². The molecule has 10 heteroatoms. The van der Waals surface area contributed by atoms with Crippen molar-refractivity contribution in [3.8, 4) is 23.0 Å². The van der Waals surface area contributed by atoms with Crippen LogP contribution in [0.3, 0.4) is 0 Å². The molecule has 0 saturated heterocycles. The monoisotopic (exact) mass is 477 g/mol. The summed E-state index contributed by atoms with van der Waals surface area (Å²) in [5.41, 5.74) is 1.19. The molecule has 3 aromatic rings. The van der Waals surface area contributed by atoms with Crippen LogP contribution in [0.15, 0.2) is 53.0 Å². The summed E-state index contributed by atoms with van der Waals surface area (Å²) in [6, 6.07) is 11.5. The van der Waals surface area contributed by atoms with Gasteiger partial charge in [0.05, 0.1) is 24.2 Å². The maximum Gasteiger partial charge on any atom is 0.387 e. The van der Waals surface area contributed by atoms with Crippen LogP contribution < -0.4 is 9.47 Å². The van der Waals surface area contributed by atoms with Gasteiger partial charge in [-0.1, -0.05) is 36.7 Å². The fourth-order valence-electron chi connectivity index (χ4n) is 3.02. The van der Waals surface area contributed by atoms with E-state index in [2.05, 4.69) is 14.9 Å². The molecule has 1 aromatic heterocycles. The molecule has 0 radical (unpaired) electrons. The molecule has 1 heterocycles. The predicted octanol–water partition coefficient (Wildman–Crippen LogP) is 5.45. The molecular weight excluding hydrogens is 456 g/mol. The van der Waals surface area contributed by atoms with Gasteiger partial charge in [-0.05, 0) is 42.3 Å². The molecule has 0 aliphatic rings. The molecule has 0 bridgehead atoms. The number of rotatable bonds is 10. The number of nitrogens with zero attached hydrogens (tertiary/aromatic N) is 3. The maximum atomic E-state index is 12.8. The Morgan fingerprint density at radius 1 is 1.21 bits per heavy atom. The van der Waals surface area contributed by atoms with Crippen LogP contribution in [0.25, 0.3) is 17.5 Å². The second-order valence-corrected chi connectivity index (χ2v) is 7.27. The molecule has 7 nitrogen and oxygen atoms in total. The second-order valence-electron chi connectivity index (χ2n) is 6.86. The van der Waals surface area contributed by atoms with Gasteiger partial charge in [-0.15, -0.1) is 10.2 Å². The van der Waals surface area contributed by atoms with Gasteiger partial charge in [0.2, 0.25) is 17.7 Å². The van der Waals surface area contributed by atoms with E-state index in [1.54, 1.807) is 35.2 Å². The largest absolute Gasteiger partial charge is 0.493 e. The van der Waals surface area contributed by atoms with E-state index in [0.717, 1.165) is 6.42 Å². The van der Waals surface area contributed by atoms with Crippen LogP contribution in [-0.2, 0) is 11.3 Å². The first-order valence-corrected chi connectivity index (χ1v) is 10.5. The van der Waals surface area contributed by atoms with Crippen molar-refractivity contribution in [2.75, 3.05) is 13.7 Å². The zero-order chi connectivity index (χ0) is 23.8. The van der Waals surface area contributed by atoms with Gasteiger partial charge in [-0.3, -0.25) is 4.79 Å². The van der Waals surface area contributed by atoms with Crippen LogP contribution in [0.5, 0.6) is 11.5 Å². The van der Waals surface area contributed by atoms with Crippen LogP contribution >= 0.6 is 11.6 Å². The third kappa shape index (κ3) is 6.52. The first-order valence-electron chi connectivity index (χ1n) is 10.1. The highest BCUT2D eigenvalue weighted by molar-refractivity contribution is 6.33. The van der Waals surface area contributed by atoms with Crippen LogP contribution in [0.1, 0.15) is 24.8 Å². The third-order valence-corrected chi connectivity index (χ3v) is 4.85. The molecule has 174 valence electrons. The molecular formula is C23H22ClF2N3O4. The van der Waals surface area contributed by atoms with Crippen molar-refractivity contribution in [2.24, 2.45) is 0 Å². The Balaban J connectivity index is 1.72. The molecule has 0 atom stereocenters. The lowest BCUT2D eigenvalue weighted by atomic mass is 10.2. The van der Waals surface area contributed by atoms with Crippen molar-refractivity contribution in [1.82, 2.24) is 15.1 Å². The SMILES string of the molecule is CCCN(Cc1nnc(-c2ccccc2Cl)o1)C(=O)/C=C/c1ccc(OC(F)F)c(OC)c1. The van der Waals surface area contributed by atoms with E-state index in [-0.39, 0.29) is 35.7 Å². The molecule has 2 aromatic carbocycles. The van der Waals surface area contributed by atoms with E-state index in [1.165, 1.54) is 25.3 Å². The molecule has 0 N–H and O–H groups in total. The second kappa shape index (κ2) is 11.4. The van der Waals surface area contributed by atoms with Crippen molar-refractivity contribution in [3.05, 3.63) is 65.0 Å². The van der Waals surface area contributed by atoms with Crippen LogP contribution in [0.4, 0.5) is 8.78 Å². The quantitative estimate of drug-likeness (QED) is 0.361. The minimum Gasteiger partial charge on any atom is -0.493 e. The minimum atomic E-state index is -2.97. The fourth-order valence-corrected chi connectivity index (χ4v) is 3.23. The smallest absolute Gasteiger partial charge is 0.387 e. The lowest BCUT2D eigenvalue weighted by molar-refractivity contribution is -0.126. The number of ether oxygens (including phenoxy) is 2. The number of aromatic nitrogens is 2. The van der Waals surface area contributed by atoms with Gasteiger partial charge in [0, 0.05) is 12.6 Å². The normalized spacial score (nSPS) is 11.2. The lowest BCUT2D eigenvalue weighted by Gasteiger charge is -2.18. The Kier molecular flexibility index (Phi) is 8.37. The van der Waals surface area contributed by atoms with Gasteiger partial charge >= 0.3 is 6.61 Å². The van der Waals surface area contributed by atoms with E-state index in [0.29, 0.717) is 22.7 Å². The molecule has 0 saturated carbocycles. The maximum absolute atomic E-state index is 12.8. The highest BCUT2D eigenvalue weighted by atomic mass is 35.5. The van der Waals surface area contributed by atoms with Crippen LogP contribution in [0, 0.1) is 0 Å². The van der Waals surface area contributed by atoms with Gasteiger partial charge < -0.3 is 18.8 Å². The average molecular weight is 478 g/mol. The number of methoxy groups -OCH3 is 1. The number of halogens is 3. The number of carbonyl (C=O) groups excluding carboxylic acids is 1. The summed E-state index contributed by atoms with van der Waals surface area (Å²) >= 11 is 6.17.